The van der Waals surface area contributed by atoms with Gasteiger partial charge in [0.1, 0.15) is 11.5 Å². The van der Waals surface area contributed by atoms with Gasteiger partial charge in [0, 0.05) is 0 Å². The van der Waals surface area contributed by atoms with Crippen LogP contribution in [0.4, 0.5) is 0 Å². The van der Waals surface area contributed by atoms with Gasteiger partial charge in [0.2, 0.25) is 11.8 Å². The van der Waals surface area contributed by atoms with E-state index in [1.807, 2.05) is 0 Å². The van der Waals surface area contributed by atoms with E-state index in [1.54, 1.807) is 6.07 Å². The first kappa shape index (κ1) is 15.8. The van der Waals surface area contributed by atoms with E-state index in [0.29, 0.717) is 30.5 Å². The zero-order valence-corrected chi connectivity index (χ0v) is 13.8. The molecule has 0 saturated heterocycles. The van der Waals surface area contributed by atoms with Gasteiger partial charge in [-0.25, -0.2) is 0 Å². The second-order valence-corrected chi connectivity index (χ2v) is 6.64. The molecule has 0 amide bonds. The minimum absolute atomic E-state index is 0.0956. The molecule has 2 aliphatic carbocycles. The van der Waals surface area contributed by atoms with Crippen LogP contribution in [0.5, 0.6) is 17.8 Å². The lowest BCUT2D eigenvalue weighted by molar-refractivity contribution is -0.148. The third-order valence-electron chi connectivity index (χ3n) is 5.57. The van der Waals surface area contributed by atoms with E-state index >= 15 is 0 Å². The van der Waals surface area contributed by atoms with Gasteiger partial charge in [-0.3, -0.25) is 4.79 Å². The Bertz CT molecular complexity index is 613. The van der Waals surface area contributed by atoms with Crippen molar-refractivity contribution in [3.8, 4) is 17.8 Å². The maximum absolute atomic E-state index is 12.0. The summed E-state index contributed by atoms with van der Waals surface area (Å²) in [7, 11) is 2.98. The Morgan fingerprint density at radius 3 is 2.35 bits per heavy atom. The summed E-state index contributed by atoms with van der Waals surface area (Å²) in [4.78, 5) is 20.2. The Kier molecular flexibility index (Phi) is 3.61. The molecule has 1 aromatic rings. The Morgan fingerprint density at radius 1 is 1.30 bits per heavy atom. The van der Waals surface area contributed by atoms with Gasteiger partial charge >= 0.3 is 12.0 Å². The van der Waals surface area contributed by atoms with E-state index in [9.17, 15) is 9.90 Å². The number of fused-ring (bicyclic) bond motifs is 1. The molecule has 3 rings (SSSR count). The smallest absolute Gasteiger partial charge is 0.323 e. The molecule has 0 aliphatic heterocycles. The second-order valence-electron chi connectivity index (χ2n) is 6.64. The minimum atomic E-state index is -0.833. The fourth-order valence-corrected chi connectivity index (χ4v) is 4.20. The highest BCUT2D eigenvalue weighted by Crippen LogP contribution is 2.77. The molecule has 2 aliphatic rings. The second kappa shape index (κ2) is 5.25. The third-order valence-corrected chi connectivity index (χ3v) is 5.57. The highest BCUT2D eigenvalue weighted by atomic mass is 16.5. The summed E-state index contributed by atoms with van der Waals surface area (Å²) in [5.41, 5.74) is -1.01. The summed E-state index contributed by atoms with van der Waals surface area (Å²) >= 11 is 0. The number of carboxylic acid groups (broad SMARTS) is 1. The van der Waals surface area contributed by atoms with E-state index in [0.717, 1.165) is 6.42 Å². The first-order valence-corrected chi connectivity index (χ1v) is 7.77. The molecule has 1 N–H and O–H groups in total. The van der Waals surface area contributed by atoms with Gasteiger partial charge in [-0.15, -0.1) is 0 Å². The fourth-order valence-electron chi connectivity index (χ4n) is 4.20. The first-order valence-electron chi connectivity index (χ1n) is 7.77. The highest BCUT2D eigenvalue weighted by molar-refractivity contribution is 5.82. The number of aromatic nitrogens is 2. The van der Waals surface area contributed by atoms with Crippen LogP contribution in [-0.2, 0) is 4.79 Å². The van der Waals surface area contributed by atoms with Gasteiger partial charge < -0.3 is 19.3 Å². The number of carbonyl (C=O) groups is 1. The van der Waals surface area contributed by atoms with Crippen LogP contribution < -0.4 is 14.2 Å². The monoisotopic (exact) mass is 322 g/mol. The maximum Gasteiger partial charge on any atom is 0.323 e. The Balaban J connectivity index is 1.88. The lowest BCUT2D eigenvalue weighted by Gasteiger charge is -2.23. The van der Waals surface area contributed by atoms with Crippen molar-refractivity contribution >= 4 is 5.97 Å². The van der Waals surface area contributed by atoms with Crippen molar-refractivity contribution in [3.63, 3.8) is 0 Å². The van der Waals surface area contributed by atoms with Crippen molar-refractivity contribution in [2.75, 3.05) is 14.2 Å². The van der Waals surface area contributed by atoms with Gasteiger partial charge in [0.25, 0.3) is 0 Å². The molecule has 2 fully saturated rings. The molecule has 3 unspecified atom stereocenters. The van der Waals surface area contributed by atoms with Crippen LogP contribution in [0, 0.1) is 16.7 Å². The number of hydrogen-bond acceptors (Lipinski definition) is 6. The molecular weight excluding hydrogens is 300 g/mol. The zero-order chi connectivity index (χ0) is 16.8. The van der Waals surface area contributed by atoms with Crippen molar-refractivity contribution < 1.29 is 24.1 Å². The zero-order valence-electron chi connectivity index (χ0n) is 13.8. The maximum atomic E-state index is 12.0. The number of aliphatic carboxylic acids is 1. The van der Waals surface area contributed by atoms with E-state index < -0.39 is 17.5 Å². The number of carboxylic acids is 1. The van der Waals surface area contributed by atoms with Crippen LogP contribution in [0.1, 0.15) is 33.1 Å². The minimum Gasteiger partial charge on any atom is -0.481 e. The van der Waals surface area contributed by atoms with Crippen LogP contribution in [0.25, 0.3) is 0 Å². The molecule has 23 heavy (non-hydrogen) atoms. The molecule has 0 aromatic carbocycles. The highest BCUT2D eigenvalue weighted by Gasteiger charge is 2.80. The predicted molar refractivity (Wildman–Crippen MR) is 80.7 cm³/mol. The van der Waals surface area contributed by atoms with Crippen molar-refractivity contribution in [2.45, 2.75) is 39.2 Å². The molecule has 3 atom stereocenters. The van der Waals surface area contributed by atoms with Crippen LogP contribution >= 0.6 is 0 Å². The quantitative estimate of drug-likeness (QED) is 0.858. The number of hydrogen-bond donors (Lipinski definition) is 1. The molecule has 0 spiro atoms. The third kappa shape index (κ3) is 2.13. The fraction of sp³-hybridized carbons (Fsp3) is 0.688. The average molecular weight is 322 g/mol. The summed E-state index contributed by atoms with van der Waals surface area (Å²) in [5, 5.41) is 9.81. The first-order chi connectivity index (χ1) is 10.9. The topological polar surface area (TPSA) is 90.8 Å². The van der Waals surface area contributed by atoms with Gasteiger partial charge in [0.15, 0.2) is 0 Å². The van der Waals surface area contributed by atoms with Gasteiger partial charge in [-0.05, 0) is 30.6 Å². The van der Waals surface area contributed by atoms with Gasteiger partial charge in [-0.2, -0.15) is 9.97 Å². The van der Waals surface area contributed by atoms with E-state index in [-0.39, 0.29) is 11.4 Å². The van der Waals surface area contributed by atoms with E-state index in [4.69, 9.17) is 14.2 Å². The molecule has 1 aromatic heterocycles. The van der Waals surface area contributed by atoms with Gasteiger partial charge in [0.05, 0.1) is 20.3 Å². The van der Waals surface area contributed by atoms with Crippen LogP contribution in [-0.4, -0.2) is 41.4 Å². The van der Waals surface area contributed by atoms with Crippen LogP contribution in [0.2, 0.25) is 0 Å². The predicted octanol–water partition coefficient (Wildman–Crippen LogP) is 2.15. The van der Waals surface area contributed by atoms with Crippen molar-refractivity contribution in [2.24, 2.45) is 16.7 Å². The molecule has 1 heterocycles. The van der Waals surface area contributed by atoms with E-state index in [1.165, 1.54) is 14.2 Å². The number of rotatable bonds is 6. The van der Waals surface area contributed by atoms with Crippen LogP contribution in [0.3, 0.4) is 0 Å². The lowest BCUT2D eigenvalue weighted by atomic mass is 9.85. The summed E-state index contributed by atoms with van der Waals surface area (Å²) in [6.45, 7) is 4.16. The van der Waals surface area contributed by atoms with E-state index in [2.05, 4.69) is 23.8 Å². The van der Waals surface area contributed by atoms with Crippen molar-refractivity contribution in [1.29, 1.82) is 0 Å². The largest absolute Gasteiger partial charge is 0.481 e. The number of nitrogens with zero attached hydrogens (tertiary/aromatic N) is 2. The Labute approximate surface area is 135 Å². The van der Waals surface area contributed by atoms with Gasteiger partial charge in [-0.1, -0.05) is 13.8 Å². The number of ether oxygens (including phenoxy) is 3. The standard InChI is InChI=1S/C16H22N2O5/c1-9(2)15-6-5-10(16(15,8-15)13(19)20)23-14-17-11(21-3)7-12(18-14)22-4/h7,9-10H,5-6,8H2,1-4H3,(H,19,20). The number of methoxy groups -OCH3 is 2. The molecule has 7 heteroatoms. The molecule has 126 valence electrons. The normalized spacial score (nSPS) is 31.6. The molecular formula is C16H22N2O5. The van der Waals surface area contributed by atoms with Crippen molar-refractivity contribution in [1.82, 2.24) is 9.97 Å². The summed E-state index contributed by atoms with van der Waals surface area (Å²) in [6, 6.07) is 1.64. The molecule has 0 radical (unpaired) electrons. The van der Waals surface area contributed by atoms with Crippen molar-refractivity contribution in [3.05, 3.63) is 6.07 Å². The summed E-state index contributed by atoms with van der Waals surface area (Å²) < 4.78 is 16.1. The van der Waals surface area contributed by atoms with Crippen LogP contribution in [0.15, 0.2) is 6.07 Å². The average Bonchev–Trinajstić information content (AvgIpc) is 3.14. The molecule has 2 saturated carbocycles. The summed E-state index contributed by atoms with van der Waals surface area (Å²) in [6.07, 6.45) is 1.76. The Morgan fingerprint density at radius 2 is 1.91 bits per heavy atom. The molecule has 7 nitrogen and oxygen atoms in total. The SMILES string of the molecule is COc1cc(OC)nc(OC2CCC3(C(C)C)CC23C(=O)O)n1. The summed E-state index contributed by atoms with van der Waals surface area (Å²) in [5.74, 6) is 0.150. The molecule has 0 bridgehead atoms. The Hall–Kier alpha value is -2.05. The lowest BCUT2D eigenvalue weighted by Crippen LogP contribution is -2.35.